The highest BCUT2D eigenvalue weighted by molar-refractivity contribution is 5.92. The van der Waals surface area contributed by atoms with Gasteiger partial charge in [-0.25, -0.2) is 4.68 Å². The Labute approximate surface area is 170 Å². The molecule has 3 aromatic rings. The zero-order valence-corrected chi connectivity index (χ0v) is 17.3. The van der Waals surface area contributed by atoms with Crippen LogP contribution < -0.4 is 14.2 Å². The van der Waals surface area contributed by atoms with Crippen molar-refractivity contribution in [3.8, 4) is 22.9 Å². The first-order chi connectivity index (χ1) is 14.0. The summed E-state index contributed by atoms with van der Waals surface area (Å²) in [7, 11) is 6.54. The Morgan fingerprint density at radius 1 is 1.00 bits per heavy atom. The van der Waals surface area contributed by atoms with Crippen molar-refractivity contribution in [2.45, 2.75) is 13.5 Å². The third-order valence-corrected chi connectivity index (χ3v) is 4.64. The van der Waals surface area contributed by atoms with E-state index in [2.05, 4.69) is 5.10 Å². The number of ether oxygens (including phenoxy) is 3. The van der Waals surface area contributed by atoms with Crippen molar-refractivity contribution in [3.05, 3.63) is 65.5 Å². The minimum atomic E-state index is -0.187. The van der Waals surface area contributed by atoms with Crippen LogP contribution in [0.5, 0.6) is 17.2 Å². The predicted molar refractivity (Wildman–Crippen MR) is 110 cm³/mol. The molecule has 0 aliphatic heterocycles. The molecule has 0 aliphatic rings. The van der Waals surface area contributed by atoms with Gasteiger partial charge in [0.2, 0.25) is 0 Å². The van der Waals surface area contributed by atoms with Crippen molar-refractivity contribution in [2.75, 3.05) is 28.4 Å². The van der Waals surface area contributed by atoms with Crippen LogP contribution >= 0.6 is 0 Å². The molecule has 0 saturated carbocycles. The lowest BCUT2D eigenvalue weighted by Gasteiger charge is -2.18. The van der Waals surface area contributed by atoms with Gasteiger partial charge < -0.3 is 19.1 Å². The maximum atomic E-state index is 12.9. The number of nitrogens with zero attached hydrogens (tertiary/aromatic N) is 3. The Morgan fingerprint density at radius 3 is 2.45 bits per heavy atom. The molecule has 0 spiro atoms. The third-order valence-electron chi connectivity index (χ3n) is 4.64. The van der Waals surface area contributed by atoms with Gasteiger partial charge in [-0.3, -0.25) is 4.79 Å². The molecule has 29 heavy (non-hydrogen) atoms. The van der Waals surface area contributed by atoms with Crippen molar-refractivity contribution in [2.24, 2.45) is 0 Å². The van der Waals surface area contributed by atoms with Gasteiger partial charge in [-0.05, 0) is 42.8 Å². The summed E-state index contributed by atoms with van der Waals surface area (Å²) in [6.07, 6.45) is 1.76. The van der Waals surface area contributed by atoms with Crippen LogP contribution in [0.15, 0.2) is 48.7 Å². The molecule has 0 unspecified atom stereocenters. The Bertz CT molecular complexity index is 1010. The Balaban J connectivity index is 1.81. The summed E-state index contributed by atoms with van der Waals surface area (Å²) in [5.74, 6) is 1.87. The predicted octanol–water partition coefficient (Wildman–Crippen LogP) is 3.48. The van der Waals surface area contributed by atoms with Gasteiger partial charge >= 0.3 is 0 Å². The van der Waals surface area contributed by atoms with Crippen molar-refractivity contribution in [3.63, 3.8) is 0 Å². The molecule has 0 saturated heterocycles. The molecule has 0 radical (unpaired) electrons. The van der Waals surface area contributed by atoms with Crippen molar-refractivity contribution in [1.82, 2.24) is 14.7 Å². The van der Waals surface area contributed by atoms with E-state index >= 15 is 0 Å². The number of aryl methyl sites for hydroxylation is 1. The highest BCUT2D eigenvalue weighted by Crippen LogP contribution is 2.26. The van der Waals surface area contributed by atoms with E-state index < -0.39 is 0 Å². The molecule has 0 N–H and O–H groups in total. The van der Waals surface area contributed by atoms with Crippen molar-refractivity contribution in [1.29, 1.82) is 0 Å². The summed E-state index contributed by atoms with van der Waals surface area (Å²) in [6, 6.07) is 13.0. The molecule has 1 aromatic heterocycles. The molecular weight excluding hydrogens is 370 g/mol. The van der Waals surface area contributed by atoms with Gasteiger partial charge in [-0.1, -0.05) is 6.07 Å². The van der Waals surface area contributed by atoms with E-state index in [-0.39, 0.29) is 5.91 Å². The zero-order chi connectivity index (χ0) is 21.0. The van der Waals surface area contributed by atoms with Gasteiger partial charge in [0.15, 0.2) is 5.69 Å². The quantitative estimate of drug-likeness (QED) is 0.613. The maximum absolute atomic E-state index is 12.9. The Hall–Kier alpha value is -3.48. The second-order valence-electron chi connectivity index (χ2n) is 6.66. The standard InChI is InChI=1S/C22H25N3O4/c1-15-6-9-20(28-4)19(12-15)25-11-10-18(23-25)22(26)24(2)14-16-7-8-17(27-3)13-21(16)29-5/h6-13H,14H2,1-5H3. The summed E-state index contributed by atoms with van der Waals surface area (Å²) in [5.41, 5.74) is 3.09. The van der Waals surface area contributed by atoms with E-state index in [1.54, 1.807) is 56.3 Å². The van der Waals surface area contributed by atoms with Crippen LogP contribution in [0.1, 0.15) is 21.6 Å². The fourth-order valence-corrected chi connectivity index (χ4v) is 3.06. The largest absolute Gasteiger partial charge is 0.497 e. The van der Waals surface area contributed by atoms with Crippen LogP contribution in [0, 0.1) is 6.92 Å². The summed E-state index contributed by atoms with van der Waals surface area (Å²) in [6.45, 7) is 2.38. The molecule has 0 atom stereocenters. The highest BCUT2D eigenvalue weighted by Gasteiger charge is 2.18. The molecule has 2 aromatic carbocycles. The summed E-state index contributed by atoms with van der Waals surface area (Å²) >= 11 is 0. The first-order valence-electron chi connectivity index (χ1n) is 9.14. The minimum Gasteiger partial charge on any atom is -0.497 e. The van der Waals surface area contributed by atoms with Crippen LogP contribution in [-0.2, 0) is 6.54 Å². The van der Waals surface area contributed by atoms with Crippen LogP contribution in [0.2, 0.25) is 0 Å². The second kappa shape index (κ2) is 8.68. The van der Waals surface area contributed by atoms with Crippen LogP contribution in [0.4, 0.5) is 0 Å². The number of aromatic nitrogens is 2. The Morgan fingerprint density at radius 2 is 1.76 bits per heavy atom. The molecular formula is C22H25N3O4. The lowest BCUT2D eigenvalue weighted by molar-refractivity contribution is 0.0778. The fraction of sp³-hybridized carbons (Fsp3) is 0.273. The van der Waals surface area contributed by atoms with E-state index in [9.17, 15) is 4.79 Å². The monoisotopic (exact) mass is 395 g/mol. The maximum Gasteiger partial charge on any atom is 0.274 e. The average Bonchev–Trinajstić information content (AvgIpc) is 3.23. The number of hydrogen-bond acceptors (Lipinski definition) is 5. The average molecular weight is 395 g/mol. The van der Waals surface area contributed by atoms with Crippen molar-refractivity contribution < 1.29 is 19.0 Å². The van der Waals surface area contributed by atoms with Crippen molar-refractivity contribution >= 4 is 5.91 Å². The molecule has 0 aliphatic carbocycles. The number of carbonyl (C=O) groups excluding carboxylic acids is 1. The molecule has 7 nitrogen and oxygen atoms in total. The number of rotatable bonds is 7. The fourth-order valence-electron chi connectivity index (χ4n) is 3.06. The molecule has 1 amide bonds. The summed E-state index contributed by atoms with van der Waals surface area (Å²) < 4.78 is 17.7. The van der Waals surface area contributed by atoms with Crippen LogP contribution in [0.3, 0.4) is 0 Å². The number of hydrogen-bond donors (Lipinski definition) is 0. The molecule has 0 bridgehead atoms. The topological polar surface area (TPSA) is 65.8 Å². The second-order valence-corrected chi connectivity index (χ2v) is 6.66. The summed E-state index contributed by atoms with van der Waals surface area (Å²) in [4.78, 5) is 14.5. The first-order valence-corrected chi connectivity index (χ1v) is 9.14. The van der Waals surface area contributed by atoms with Gasteiger partial charge in [-0.2, -0.15) is 5.10 Å². The van der Waals surface area contributed by atoms with Gasteiger partial charge in [0.05, 0.1) is 21.3 Å². The van der Waals surface area contributed by atoms with Gasteiger partial charge in [-0.15, -0.1) is 0 Å². The molecule has 1 heterocycles. The molecule has 0 fully saturated rings. The lowest BCUT2D eigenvalue weighted by Crippen LogP contribution is -2.27. The van der Waals surface area contributed by atoms with Gasteiger partial charge in [0.25, 0.3) is 5.91 Å². The minimum absolute atomic E-state index is 0.187. The zero-order valence-electron chi connectivity index (χ0n) is 17.3. The smallest absolute Gasteiger partial charge is 0.274 e. The molecule has 152 valence electrons. The molecule has 3 rings (SSSR count). The number of amides is 1. The van der Waals surface area contributed by atoms with Crippen LogP contribution in [0.25, 0.3) is 5.69 Å². The number of methoxy groups -OCH3 is 3. The first kappa shape index (κ1) is 20.3. The highest BCUT2D eigenvalue weighted by atomic mass is 16.5. The number of carbonyl (C=O) groups is 1. The van der Waals surface area contributed by atoms with E-state index in [0.717, 1.165) is 16.8 Å². The summed E-state index contributed by atoms with van der Waals surface area (Å²) in [5, 5.41) is 4.46. The van der Waals surface area contributed by atoms with E-state index in [1.807, 2.05) is 37.3 Å². The Kier molecular flexibility index (Phi) is 6.07. The lowest BCUT2D eigenvalue weighted by atomic mass is 10.1. The normalized spacial score (nSPS) is 10.5. The van der Waals surface area contributed by atoms with Gasteiger partial charge in [0.1, 0.15) is 22.9 Å². The van der Waals surface area contributed by atoms with Crippen LogP contribution in [-0.4, -0.2) is 49.0 Å². The molecule has 7 heteroatoms. The number of benzene rings is 2. The van der Waals surface area contributed by atoms with E-state index in [4.69, 9.17) is 14.2 Å². The van der Waals surface area contributed by atoms with E-state index in [0.29, 0.717) is 29.5 Å². The van der Waals surface area contributed by atoms with E-state index in [1.165, 1.54) is 0 Å². The SMILES string of the molecule is COc1ccc(CN(C)C(=O)c2ccn(-c3cc(C)ccc3OC)n2)c(OC)c1. The third kappa shape index (κ3) is 4.34. The van der Waals surface area contributed by atoms with Gasteiger partial charge in [0, 0.05) is 31.4 Å².